The summed E-state index contributed by atoms with van der Waals surface area (Å²) in [6.07, 6.45) is 1.81. The highest BCUT2D eigenvalue weighted by Crippen LogP contribution is 2.40. The lowest BCUT2D eigenvalue weighted by atomic mass is 9.73. The Morgan fingerprint density at radius 3 is 2.68 bits per heavy atom. The predicted molar refractivity (Wildman–Crippen MR) is 114 cm³/mol. The lowest BCUT2D eigenvalue weighted by Gasteiger charge is -2.37. The zero-order valence-corrected chi connectivity index (χ0v) is 17.8. The van der Waals surface area contributed by atoms with Crippen LogP contribution in [0.2, 0.25) is 0 Å². The molecule has 0 amide bonds. The summed E-state index contributed by atoms with van der Waals surface area (Å²) >= 11 is 0. The maximum Gasteiger partial charge on any atom is 0.188 e. The summed E-state index contributed by atoms with van der Waals surface area (Å²) in [4.78, 5) is 4.60. The number of rotatable bonds is 6. The summed E-state index contributed by atoms with van der Waals surface area (Å²) in [5.74, 6) is 1.36. The molecular formula is C19H30IN3O2. The van der Waals surface area contributed by atoms with Crippen molar-refractivity contribution in [1.82, 2.24) is 5.32 Å². The van der Waals surface area contributed by atoms with Gasteiger partial charge in [0.25, 0.3) is 0 Å². The molecule has 1 aliphatic rings. The van der Waals surface area contributed by atoms with Crippen LogP contribution in [0.25, 0.3) is 0 Å². The van der Waals surface area contributed by atoms with Gasteiger partial charge in [-0.2, -0.15) is 0 Å². The summed E-state index contributed by atoms with van der Waals surface area (Å²) < 4.78 is 11.2. The minimum absolute atomic E-state index is 0. The maximum absolute atomic E-state index is 6.01. The molecule has 2 rings (SSSR count). The van der Waals surface area contributed by atoms with E-state index in [0.717, 1.165) is 37.4 Å². The van der Waals surface area contributed by atoms with Crippen LogP contribution in [0.1, 0.15) is 30.9 Å². The number of nitrogens with one attached hydrogen (secondary N) is 1. The van der Waals surface area contributed by atoms with E-state index < -0.39 is 0 Å². The van der Waals surface area contributed by atoms with Gasteiger partial charge in [-0.25, -0.2) is 0 Å². The lowest BCUT2D eigenvalue weighted by Crippen LogP contribution is -2.39. The number of aryl methyl sites for hydroxylation is 1. The molecule has 0 spiro atoms. The van der Waals surface area contributed by atoms with Crippen molar-refractivity contribution in [3.8, 4) is 5.75 Å². The van der Waals surface area contributed by atoms with E-state index in [0.29, 0.717) is 19.0 Å². The van der Waals surface area contributed by atoms with Gasteiger partial charge in [0, 0.05) is 30.7 Å². The van der Waals surface area contributed by atoms with Crippen molar-refractivity contribution in [2.24, 2.45) is 10.7 Å². The van der Waals surface area contributed by atoms with Crippen molar-refractivity contribution < 1.29 is 9.47 Å². The van der Waals surface area contributed by atoms with E-state index >= 15 is 0 Å². The van der Waals surface area contributed by atoms with Gasteiger partial charge < -0.3 is 20.5 Å². The Balaban J connectivity index is 0.00000312. The quantitative estimate of drug-likeness (QED) is 0.297. The highest BCUT2D eigenvalue weighted by atomic mass is 127. The molecule has 1 aliphatic heterocycles. The van der Waals surface area contributed by atoms with Crippen molar-refractivity contribution in [2.45, 2.75) is 32.1 Å². The molecule has 140 valence electrons. The van der Waals surface area contributed by atoms with E-state index in [1.807, 2.05) is 13.0 Å². The van der Waals surface area contributed by atoms with Gasteiger partial charge in [-0.15, -0.1) is 24.0 Å². The average Bonchev–Trinajstić information content (AvgIpc) is 2.59. The molecule has 3 N–H and O–H groups in total. The zero-order valence-electron chi connectivity index (χ0n) is 15.4. The van der Waals surface area contributed by atoms with E-state index in [4.69, 9.17) is 15.2 Å². The molecule has 0 aliphatic carbocycles. The largest absolute Gasteiger partial charge is 0.496 e. The van der Waals surface area contributed by atoms with Crippen molar-refractivity contribution in [2.75, 3.05) is 33.4 Å². The van der Waals surface area contributed by atoms with E-state index in [9.17, 15) is 0 Å². The molecular weight excluding hydrogens is 429 g/mol. The number of guanidine groups is 1. The number of nitrogens with zero attached hydrogens (tertiary/aromatic N) is 1. The Morgan fingerprint density at radius 2 is 2.08 bits per heavy atom. The van der Waals surface area contributed by atoms with Crippen LogP contribution in [0.4, 0.5) is 0 Å². The monoisotopic (exact) mass is 459 g/mol. The summed E-state index contributed by atoms with van der Waals surface area (Å²) in [5, 5.41) is 3.10. The van der Waals surface area contributed by atoms with Crippen LogP contribution >= 0.6 is 24.0 Å². The summed E-state index contributed by atoms with van der Waals surface area (Å²) in [7, 11) is 1.72. The van der Waals surface area contributed by atoms with E-state index in [2.05, 4.69) is 35.9 Å². The van der Waals surface area contributed by atoms with Crippen LogP contribution in [0.3, 0.4) is 0 Å². The number of ether oxygens (including phenoxy) is 2. The molecule has 1 fully saturated rings. The minimum Gasteiger partial charge on any atom is -0.496 e. The summed E-state index contributed by atoms with van der Waals surface area (Å²) in [6, 6.07) is 6.31. The van der Waals surface area contributed by atoms with Crippen molar-refractivity contribution >= 4 is 29.9 Å². The second-order valence-electron chi connectivity index (χ2n) is 6.61. The standard InChI is InChI=1S/C19H29N3O2.HI/c1-14(2)12-21-18(20)22-13-19(7-9-24-10-8-19)16-11-15(3)5-6-17(16)23-4;/h5-6,11H,1,7-10,12-13H2,2-4H3,(H3,20,21,22);1H. The molecule has 0 unspecified atom stereocenters. The van der Waals surface area contributed by atoms with Gasteiger partial charge in [0.2, 0.25) is 0 Å². The fourth-order valence-electron chi connectivity index (χ4n) is 3.04. The van der Waals surface area contributed by atoms with E-state index in [-0.39, 0.29) is 29.4 Å². The first kappa shape index (κ1) is 21.8. The van der Waals surface area contributed by atoms with Gasteiger partial charge in [-0.1, -0.05) is 29.8 Å². The Kier molecular flexibility index (Phi) is 8.71. The van der Waals surface area contributed by atoms with Crippen LogP contribution in [-0.2, 0) is 10.2 Å². The van der Waals surface area contributed by atoms with Crippen molar-refractivity contribution in [3.05, 3.63) is 41.5 Å². The molecule has 0 bridgehead atoms. The fraction of sp³-hybridized carbons (Fsp3) is 0.526. The molecule has 6 heteroatoms. The highest BCUT2D eigenvalue weighted by Gasteiger charge is 2.37. The first-order chi connectivity index (χ1) is 11.5. The first-order valence-corrected chi connectivity index (χ1v) is 8.38. The van der Waals surface area contributed by atoms with Crippen LogP contribution in [0, 0.1) is 6.92 Å². The van der Waals surface area contributed by atoms with Crippen molar-refractivity contribution in [3.63, 3.8) is 0 Å². The summed E-state index contributed by atoms with van der Waals surface area (Å²) in [6.45, 7) is 10.6. The number of methoxy groups -OCH3 is 1. The maximum atomic E-state index is 6.01. The molecule has 1 aromatic rings. The fourth-order valence-corrected chi connectivity index (χ4v) is 3.04. The molecule has 1 aromatic carbocycles. The molecule has 0 radical (unpaired) electrons. The first-order valence-electron chi connectivity index (χ1n) is 8.38. The molecule has 1 saturated heterocycles. The average molecular weight is 459 g/mol. The Hall–Kier alpha value is -1.28. The van der Waals surface area contributed by atoms with Gasteiger partial charge in [0.05, 0.1) is 13.7 Å². The Bertz CT molecular complexity index is 611. The van der Waals surface area contributed by atoms with E-state index in [1.165, 1.54) is 11.1 Å². The number of benzene rings is 1. The second-order valence-corrected chi connectivity index (χ2v) is 6.61. The minimum atomic E-state index is -0.106. The Labute approximate surface area is 168 Å². The molecule has 0 atom stereocenters. The van der Waals surface area contributed by atoms with Gasteiger partial charge in [-0.3, -0.25) is 4.99 Å². The number of aliphatic imine (C=N–C) groups is 1. The number of halogens is 1. The second kappa shape index (κ2) is 10.0. The number of hydrogen-bond donors (Lipinski definition) is 2. The third-order valence-corrected chi connectivity index (χ3v) is 4.50. The molecule has 0 aromatic heterocycles. The van der Waals surface area contributed by atoms with Gasteiger partial charge in [0.1, 0.15) is 5.75 Å². The highest BCUT2D eigenvalue weighted by molar-refractivity contribution is 14.0. The normalized spacial score (nSPS) is 16.7. The lowest BCUT2D eigenvalue weighted by molar-refractivity contribution is 0.0523. The third kappa shape index (κ3) is 5.88. The molecule has 0 saturated carbocycles. The molecule has 5 nitrogen and oxygen atoms in total. The predicted octanol–water partition coefficient (Wildman–Crippen LogP) is 3.15. The van der Waals surface area contributed by atoms with Gasteiger partial charge in [0.15, 0.2) is 5.96 Å². The summed E-state index contributed by atoms with van der Waals surface area (Å²) in [5.41, 5.74) is 9.34. The van der Waals surface area contributed by atoms with Gasteiger partial charge >= 0.3 is 0 Å². The Morgan fingerprint density at radius 1 is 1.40 bits per heavy atom. The zero-order chi connectivity index (χ0) is 17.6. The number of hydrogen-bond acceptors (Lipinski definition) is 3. The van der Waals surface area contributed by atoms with Crippen LogP contribution in [0.15, 0.2) is 35.3 Å². The SMILES string of the molecule is C=C(C)CNC(N)=NCC1(c2cc(C)ccc2OC)CCOCC1.I. The van der Waals surface area contributed by atoms with Crippen LogP contribution in [0.5, 0.6) is 5.75 Å². The number of nitrogens with two attached hydrogens (primary N) is 1. The van der Waals surface area contributed by atoms with Crippen LogP contribution in [-0.4, -0.2) is 39.4 Å². The van der Waals surface area contributed by atoms with Crippen molar-refractivity contribution in [1.29, 1.82) is 0 Å². The van der Waals surface area contributed by atoms with Gasteiger partial charge in [-0.05, 0) is 32.8 Å². The smallest absolute Gasteiger partial charge is 0.188 e. The molecule has 25 heavy (non-hydrogen) atoms. The third-order valence-electron chi connectivity index (χ3n) is 4.50. The van der Waals surface area contributed by atoms with Crippen LogP contribution < -0.4 is 15.8 Å². The topological polar surface area (TPSA) is 68.9 Å². The van der Waals surface area contributed by atoms with E-state index in [1.54, 1.807) is 7.11 Å². The molecule has 1 heterocycles.